The van der Waals surface area contributed by atoms with Crippen LogP contribution in [0.3, 0.4) is 0 Å². The second-order valence-electron chi connectivity index (χ2n) is 4.29. The third kappa shape index (κ3) is 2.03. The van der Waals surface area contributed by atoms with Crippen LogP contribution in [0.25, 0.3) is 11.2 Å². The first kappa shape index (κ1) is 12.4. The minimum Gasteiger partial charge on any atom is -0.369 e. The number of aryl methyl sites for hydroxylation is 2. The molecule has 0 fully saturated rings. The van der Waals surface area contributed by atoms with E-state index in [4.69, 9.17) is 5.73 Å². The summed E-state index contributed by atoms with van der Waals surface area (Å²) in [4.78, 5) is 16.0. The number of nitrogen functional groups attached to an aromatic ring is 1. The van der Waals surface area contributed by atoms with Gasteiger partial charge in [0, 0.05) is 13.6 Å². The third-order valence-electron chi connectivity index (χ3n) is 2.79. The Balaban J connectivity index is 2.32. The fourth-order valence-electron chi connectivity index (χ4n) is 1.97. The van der Waals surface area contributed by atoms with Crippen molar-refractivity contribution in [2.45, 2.75) is 26.8 Å². The molecule has 0 saturated carbocycles. The number of carbonyl (C=O) groups excluding carboxylic acids is 1. The van der Waals surface area contributed by atoms with Crippen molar-refractivity contribution in [3.63, 3.8) is 0 Å². The number of amides is 1. The first-order chi connectivity index (χ1) is 8.54. The second-order valence-corrected chi connectivity index (χ2v) is 4.29. The number of nitrogens with two attached hydrogens (primary N) is 1. The lowest BCUT2D eigenvalue weighted by Gasteiger charge is -2.07. The van der Waals surface area contributed by atoms with E-state index in [1.807, 2.05) is 20.9 Å². The maximum absolute atomic E-state index is 11.7. The van der Waals surface area contributed by atoms with E-state index in [0.717, 1.165) is 23.3 Å². The third-order valence-corrected chi connectivity index (χ3v) is 2.79. The Labute approximate surface area is 105 Å². The molecule has 1 amide bonds. The summed E-state index contributed by atoms with van der Waals surface area (Å²) in [7, 11) is 1.82. The molecule has 0 aliphatic rings. The van der Waals surface area contributed by atoms with Gasteiger partial charge in [0.15, 0.2) is 5.65 Å². The average molecular weight is 250 g/mol. The van der Waals surface area contributed by atoms with Crippen molar-refractivity contribution in [2.75, 3.05) is 12.3 Å². The highest BCUT2D eigenvalue weighted by atomic mass is 16.1. The fourth-order valence-corrected chi connectivity index (χ4v) is 1.97. The van der Waals surface area contributed by atoms with Crippen LogP contribution in [0.5, 0.6) is 0 Å². The summed E-state index contributed by atoms with van der Waals surface area (Å²) in [5.74, 6) is 0.273. The lowest BCUT2D eigenvalue weighted by Crippen LogP contribution is -2.28. The zero-order chi connectivity index (χ0) is 13.3. The van der Waals surface area contributed by atoms with E-state index in [1.165, 1.54) is 0 Å². The number of imidazole rings is 1. The predicted molar refractivity (Wildman–Crippen MR) is 68.9 cm³/mol. The highest BCUT2D eigenvalue weighted by Gasteiger charge is 2.17. The Bertz CT molecular complexity index is 582. The summed E-state index contributed by atoms with van der Waals surface area (Å²) in [5.41, 5.74) is 8.18. The van der Waals surface area contributed by atoms with Gasteiger partial charge in [-0.15, -0.1) is 0 Å². The molecule has 3 N–H and O–H groups in total. The number of hydrogen-bond donors (Lipinski definition) is 2. The van der Waals surface area contributed by atoms with Gasteiger partial charge in [-0.3, -0.25) is 14.0 Å². The van der Waals surface area contributed by atoms with Gasteiger partial charge in [-0.05, 0) is 13.3 Å². The molecule has 2 heterocycles. The van der Waals surface area contributed by atoms with Crippen molar-refractivity contribution < 1.29 is 4.79 Å². The molecular weight excluding hydrogens is 232 g/mol. The average Bonchev–Trinajstić information content (AvgIpc) is 2.77. The molecule has 2 aromatic rings. The lowest BCUT2D eigenvalue weighted by atomic mass is 10.4. The van der Waals surface area contributed by atoms with Gasteiger partial charge in [-0.1, -0.05) is 6.92 Å². The van der Waals surface area contributed by atoms with E-state index in [1.54, 1.807) is 9.25 Å². The van der Waals surface area contributed by atoms with Crippen LogP contribution in [0.1, 0.15) is 19.0 Å². The molecule has 0 saturated heterocycles. The van der Waals surface area contributed by atoms with Gasteiger partial charge in [0.05, 0.1) is 5.69 Å². The van der Waals surface area contributed by atoms with E-state index in [2.05, 4.69) is 15.4 Å². The van der Waals surface area contributed by atoms with Crippen LogP contribution >= 0.6 is 0 Å². The molecule has 0 aromatic carbocycles. The van der Waals surface area contributed by atoms with E-state index < -0.39 is 0 Å². The highest BCUT2D eigenvalue weighted by Crippen LogP contribution is 2.19. The van der Waals surface area contributed by atoms with Gasteiger partial charge in [0.1, 0.15) is 12.1 Å². The van der Waals surface area contributed by atoms with Crippen molar-refractivity contribution in [3.8, 4) is 0 Å². The van der Waals surface area contributed by atoms with Crippen molar-refractivity contribution in [1.82, 2.24) is 24.6 Å². The van der Waals surface area contributed by atoms with Gasteiger partial charge < -0.3 is 11.1 Å². The zero-order valence-corrected chi connectivity index (χ0v) is 10.9. The Kier molecular flexibility index (Phi) is 3.22. The van der Waals surface area contributed by atoms with Crippen LogP contribution in [0.2, 0.25) is 0 Å². The molecule has 0 spiro atoms. The summed E-state index contributed by atoms with van der Waals surface area (Å²) in [5, 5.41) is 7.08. The normalized spacial score (nSPS) is 11.1. The highest BCUT2D eigenvalue weighted by molar-refractivity contribution is 5.82. The van der Waals surface area contributed by atoms with Crippen molar-refractivity contribution in [1.29, 1.82) is 0 Å². The Morgan fingerprint density at radius 2 is 2.22 bits per heavy atom. The van der Waals surface area contributed by atoms with Crippen LogP contribution in [-0.2, 0) is 18.4 Å². The molecule has 0 atom stereocenters. The molecule has 2 aromatic heterocycles. The van der Waals surface area contributed by atoms with E-state index in [0.29, 0.717) is 12.5 Å². The number of carbonyl (C=O) groups is 1. The van der Waals surface area contributed by atoms with E-state index in [9.17, 15) is 4.79 Å². The van der Waals surface area contributed by atoms with Crippen LogP contribution < -0.4 is 11.1 Å². The van der Waals surface area contributed by atoms with Crippen molar-refractivity contribution in [2.24, 2.45) is 7.05 Å². The van der Waals surface area contributed by atoms with Gasteiger partial charge in [-0.2, -0.15) is 5.10 Å². The lowest BCUT2D eigenvalue weighted by molar-refractivity contribution is -0.121. The smallest absolute Gasteiger partial charge is 0.240 e. The van der Waals surface area contributed by atoms with Crippen LogP contribution in [-0.4, -0.2) is 31.8 Å². The molecule has 7 nitrogen and oxygen atoms in total. The van der Waals surface area contributed by atoms with Crippen LogP contribution in [0.15, 0.2) is 0 Å². The van der Waals surface area contributed by atoms with Gasteiger partial charge in [0.25, 0.3) is 0 Å². The summed E-state index contributed by atoms with van der Waals surface area (Å²) in [6.07, 6.45) is 0.908. The summed E-state index contributed by atoms with van der Waals surface area (Å²) in [6.45, 7) is 4.72. The number of anilines is 1. The second kappa shape index (κ2) is 4.67. The molecular formula is C11H18N6O. The maximum atomic E-state index is 11.7. The first-order valence-electron chi connectivity index (χ1n) is 5.96. The molecule has 0 bridgehead atoms. The maximum Gasteiger partial charge on any atom is 0.240 e. The molecule has 0 radical (unpaired) electrons. The Morgan fingerprint density at radius 1 is 1.50 bits per heavy atom. The van der Waals surface area contributed by atoms with Gasteiger partial charge >= 0.3 is 0 Å². The topological polar surface area (TPSA) is 90.8 Å². The monoisotopic (exact) mass is 250 g/mol. The summed E-state index contributed by atoms with van der Waals surface area (Å²) < 4.78 is 3.38. The number of fused-ring (bicyclic) bond motifs is 1. The zero-order valence-electron chi connectivity index (χ0n) is 10.9. The van der Waals surface area contributed by atoms with Gasteiger partial charge in [0.2, 0.25) is 11.9 Å². The number of aromatic nitrogens is 4. The largest absolute Gasteiger partial charge is 0.369 e. The quantitative estimate of drug-likeness (QED) is 0.810. The van der Waals surface area contributed by atoms with E-state index in [-0.39, 0.29) is 12.5 Å². The fraction of sp³-hybridized carbons (Fsp3) is 0.545. The Morgan fingerprint density at radius 3 is 2.89 bits per heavy atom. The molecule has 0 unspecified atom stereocenters. The molecule has 18 heavy (non-hydrogen) atoms. The molecule has 2 rings (SSSR count). The summed E-state index contributed by atoms with van der Waals surface area (Å²) in [6, 6.07) is 0. The van der Waals surface area contributed by atoms with Gasteiger partial charge in [-0.25, -0.2) is 4.98 Å². The first-order valence-corrected chi connectivity index (χ1v) is 5.96. The number of hydrogen-bond acceptors (Lipinski definition) is 4. The number of rotatable bonds is 4. The van der Waals surface area contributed by atoms with Crippen molar-refractivity contribution >= 4 is 23.0 Å². The minimum atomic E-state index is -0.0679. The molecule has 0 aliphatic carbocycles. The van der Waals surface area contributed by atoms with Crippen molar-refractivity contribution in [3.05, 3.63) is 5.69 Å². The number of nitrogens with one attached hydrogen (secondary N) is 1. The number of nitrogens with zero attached hydrogens (tertiary/aromatic N) is 4. The Hall–Kier alpha value is -2.05. The molecule has 98 valence electrons. The summed E-state index contributed by atoms with van der Waals surface area (Å²) >= 11 is 0. The minimum absolute atomic E-state index is 0.0679. The molecule has 0 aliphatic heterocycles. The SMILES string of the molecule is CCCNC(=O)Cn1c(N)nc2c(C)nn(C)c21. The van der Waals surface area contributed by atoms with E-state index >= 15 is 0 Å². The standard InChI is InChI=1S/C11H18N6O/c1-4-5-13-8(18)6-17-10-9(14-11(17)12)7(2)15-16(10)3/h4-6H2,1-3H3,(H2,12,14)(H,13,18). The molecule has 7 heteroatoms. The van der Waals surface area contributed by atoms with Crippen LogP contribution in [0, 0.1) is 6.92 Å². The predicted octanol–water partition coefficient (Wildman–Crippen LogP) is 0.187. The van der Waals surface area contributed by atoms with Crippen LogP contribution in [0.4, 0.5) is 5.95 Å².